The summed E-state index contributed by atoms with van der Waals surface area (Å²) in [5.74, 6) is 1.05. The van der Waals surface area contributed by atoms with Crippen LogP contribution < -0.4 is 11.5 Å². The first-order chi connectivity index (χ1) is 5.70. The molecule has 0 aromatic heterocycles. The quantitative estimate of drug-likeness (QED) is 0.702. The molecule has 3 heteroatoms. The van der Waals surface area contributed by atoms with Crippen LogP contribution in [-0.4, -0.2) is 23.1 Å². The third kappa shape index (κ3) is 3.33. The van der Waals surface area contributed by atoms with Gasteiger partial charge < -0.3 is 11.5 Å². The van der Waals surface area contributed by atoms with Gasteiger partial charge in [-0.15, -0.1) is 0 Å². The SMILES string of the molecule is CC(N)CSC1CCCCC1N. The van der Waals surface area contributed by atoms with Crippen molar-refractivity contribution in [2.45, 2.75) is 49.9 Å². The summed E-state index contributed by atoms with van der Waals surface area (Å²) in [6, 6.07) is 0.728. The first-order valence-electron chi connectivity index (χ1n) is 4.83. The highest BCUT2D eigenvalue weighted by Crippen LogP contribution is 2.27. The molecule has 0 amide bonds. The summed E-state index contributed by atoms with van der Waals surface area (Å²) in [4.78, 5) is 0. The van der Waals surface area contributed by atoms with Crippen LogP contribution in [0.1, 0.15) is 32.6 Å². The third-order valence-corrected chi connectivity index (χ3v) is 4.06. The summed E-state index contributed by atoms with van der Waals surface area (Å²) < 4.78 is 0. The molecule has 3 atom stereocenters. The highest BCUT2D eigenvalue weighted by Gasteiger charge is 2.21. The molecule has 0 bridgehead atoms. The second-order valence-electron chi connectivity index (χ2n) is 3.80. The summed E-state index contributed by atoms with van der Waals surface area (Å²) >= 11 is 1.96. The van der Waals surface area contributed by atoms with Gasteiger partial charge >= 0.3 is 0 Å². The molecule has 0 radical (unpaired) electrons. The smallest absolute Gasteiger partial charge is 0.0199 e. The first kappa shape index (κ1) is 10.4. The van der Waals surface area contributed by atoms with Crippen molar-refractivity contribution in [3.63, 3.8) is 0 Å². The monoisotopic (exact) mass is 188 g/mol. The van der Waals surface area contributed by atoms with Crippen molar-refractivity contribution in [1.82, 2.24) is 0 Å². The molecule has 2 nitrogen and oxygen atoms in total. The van der Waals surface area contributed by atoms with Crippen LogP contribution in [0, 0.1) is 0 Å². The van der Waals surface area contributed by atoms with E-state index in [-0.39, 0.29) is 0 Å². The lowest BCUT2D eigenvalue weighted by molar-refractivity contribution is 0.453. The lowest BCUT2D eigenvalue weighted by Crippen LogP contribution is -2.36. The van der Waals surface area contributed by atoms with Gasteiger partial charge in [0.2, 0.25) is 0 Å². The highest BCUT2D eigenvalue weighted by molar-refractivity contribution is 8.00. The van der Waals surface area contributed by atoms with Gasteiger partial charge in [0, 0.05) is 23.1 Å². The van der Waals surface area contributed by atoms with Crippen LogP contribution in [0.25, 0.3) is 0 Å². The maximum atomic E-state index is 6.00. The van der Waals surface area contributed by atoms with Gasteiger partial charge in [-0.1, -0.05) is 12.8 Å². The zero-order chi connectivity index (χ0) is 8.97. The molecule has 1 aliphatic carbocycles. The fourth-order valence-corrected chi connectivity index (χ4v) is 2.88. The first-order valence-corrected chi connectivity index (χ1v) is 5.88. The van der Waals surface area contributed by atoms with E-state index >= 15 is 0 Å². The molecule has 1 aliphatic rings. The fraction of sp³-hybridized carbons (Fsp3) is 1.00. The van der Waals surface area contributed by atoms with Gasteiger partial charge in [0.25, 0.3) is 0 Å². The van der Waals surface area contributed by atoms with E-state index in [9.17, 15) is 0 Å². The van der Waals surface area contributed by atoms with Gasteiger partial charge in [0.05, 0.1) is 0 Å². The molecule has 0 saturated heterocycles. The average molecular weight is 188 g/mol. The molecule has 4 N–H and O–H groups in total. The Kier molecular flexibility index (Phi) is 4.40. The number of hydrogen-bond acceptors (Lipinski definition) is 3. The second kappa shape index (κ2) is 5.10. The normalized spacial score (nSPS) is 33.2. The number of hydrogen-bond donors (Lipinski definition) is 2. The molecule has 72 valence electrons. The van der Waals surface area contributed by atoms with Crippen molar-refractivity contribution in [1.29, 1.82) is 0 Å². The van der Waals surface area contributed by atoms with E-state index in [0.29, 0.717) is 17.3 Å². The van der Waals surface area contributed by atoms with Crippen molar-refractivity contribution >= 4 is 11.8 Å². The van der Waals surface area contributed by atoms with Gasteiger partial charge in [-0.2, -0.15) is 11.8 Å². The number of rotatable bonds is 3. The summed E-state index contributed by atoms with van der Waals surface area (Å²) in [6.45, 7) is 2.06. The zero-order valence-corrected chi connectivity index (χ0v) is 8.65. The molecule has 0 spiro atoms. The summed E-state index contributed by atoms with van der Waals surface area (Å²) in [7, 11) is 0. The highest BCUT2D eigenvalue weighted by atomic mass is 32.2. The van der Waals surface area contributed by atoms with Crippen molar-refractivity contribution in [2.75, 3.05) is 5.75 Å². The maximum Gasteiger partial charge on any atom is 0.0199 e. The number of nitrogens with two attached hydrogens (primary N) is 2. The van der Waals surface area contributed by atoms with Gasteiger partial charge in [-0.25, -0.2) is 0 Å². The van der Waals surface area contributed by atoms with Crippen LogP contribution in [0.5, 0.6) is 0 Å². The molecule has 0 aliphatic heterocycles. The molecular formula is C9H20N2S. The van der Waals surface area contributed by atoms with E-state index in [1.54, 1.807) is 0 Å². The van der Waals surface area contributed by atoms with Gasteiger partial charge in [0.1, 0.15) is 0 Å². The molecule has 1 fully saturated rings. The lowest BCUT2D eigenvalue weighted by atomic mass is 9.96. The third-order valence-electron chi connectivity index (χ3n) is 2.33. The minimum absolute atomic E-state index is 0.309. The summed E-state index contributed by atoms with van der Waals surface area (Å²) in [5.41, 5.74) is 11.7. The van der Waals surface area contributed by atoms with Crippen molar-refractivity contribution in [2.24, 2.45) is 11.5 Å². The van der Waals surface area contributed by atoms with Crippen LogP contribution in [0.2, 0.25) is 0 Å². The maximum absolute atomic E-state index is 6.00. The Labute approximate surface area is 79.5 Å². The fourth-order valence-electron chi connectivity index (χ4n) is 1.61. The molecule has 3 unspecified atom stereocenters. The average Bonchev–Trinajstić information content (AvgIpc) is 2.03. The molecular weight excluding hydrogens is 168 g/mol. The van der Waals surface area contributed by atoms with E-state index in [2.05, 4.69) is 6.92 Å². The van der Waals surface area contributed by atoms with Gasteiger partial charge in [-0.3, -0.25) is 0 Å². The van der Waals surface area contributed by atoms with Crippen LogP contribution in [0.4, 0.5) is 0 Å². The Bertz CT molecular complexity index is 128. The predicted octanol–water partition coefficient (Wildman–Crippen LogP) is 1.34. The molecule has 1 saturated carbocycles. The van der Waals surface area contributed by atoms with E-state index in [1.807, 2.05) is 11.8 Å². The van der Waals surface area contributed by atoms with Crippen LogP contribution in [0.3, 0.4) is 0 Å². The Balaban J connectivity index is 2.20. The predicted molar refractivity (Wildman–Crippen MR) is 56.3 cm³/mol. The van der Waals surface area contributed by atoms with Crippen LogP contribution in [-0.2, 0) is 0 Å². The standard InChI is InChI=1S/C9H20N2S/c1-7(10)6-12-9-5-3-2-4-8(9)11/h7-9H,2-6,10-11H2,1H3. The van der Waals surface area contributed by atoms with Crippen molar-refractivity contribution in [3.05, 3.63) is 0 Å². The lowest BCUT2D eigenvalue weighted by Gasteiger charge is -2.28. The van der Waals surface area contributed by atoms with E-state index in [4.69, 9.17) is 11.5 Å². The zero-order valence-electron chi connectivity index (χ0n) is 7.83. The molecule has 0 aromatic rings. The van der Waals surface area contributed by atoms with Crippen molar-refractivity contribution < 1.29 is 0 Å². The van der Waals surface area contributed by atoms with E-state index in [0.717, 1.165) is 5.75 Å². The summed E-state index contributed by atoms with van der Waals surface area (Å²) in [5, 5.41) is 0.671. The topological polar surface area (TPSA) is 52.0 Å². The van der Waals surface area contributed by atoms with Crippen LogP contribution in [0.15, 0.2) is 0 Å². The number of thioether (sulfide) groups is 1. The van der Waals surface area contributed by atoms with Gasteiger partial charge in [0.15, 0.2) is 0 Å². The van der Waals surface area contributed by atoms with Crippen LogP contribution >= 0.6 is 11.8 Å². The Morgan fingerprint density at radius 1 is 1.42 bits per heavy atom. The Morgan fingerprint density at radius 3 is 2.67 bits per heavy atom. The van der Waals surface area contributed by atoms with E-state index in [1.165, 1.54) is 25.7 Å². The van der Waals surface area contributed by atoms with E-state index < -0.39 is 0 Å². The minimum Gasteiger partial charge on any atom is -0.327 e. The summed E-state index contributed by atoms with van der Waals surface area (Å²) in [6.07, 6.45) is 5.16. The molecule has 12 heavy (non-hydrogen) atoms. The molecule has 1 rings (SSSR count). The van der Waals surface area contributed by atoms with Crippen molar-refractivity contribution in [3.8, 4) is 0 Å². The molecule has 0 heterocycles. The Morgan fingerprint density at radius 2 is 2.08 bits per heavy atom. The second-order valence-corrected chi connectivity index (χ2v) is 5.07. The Hall–Kier alpha value is 0.270. The minimum atomic E-state index is 0.309. The van der Waals surface area contributed by atoms with Gasteiger partial charge in [-0.05, 0) is 19.8 Å². The largest absolute Gasteiger partial charge is 0.327 e. The molecule has 0 aromatic carbocycles.